The van der Waals surface area contributed by atoms with Crippen LogP contribution in [0.5, 0.6) is 0 Å². The average molecular weight is 236 g/mol. The van der Waals surface area contributed by atoms with Gasteiger partial charge in [-0.05, 0) is 12.3 Å². The van der Waals surface area contributed by atoms with Crippen molar-refractivity contribution in [2.45, 2.75) is 25.9 Å². The number of β-amino-alcohol motifs (C(OH)–C–C–N with tert-alkyl or cyclic N) is 1. The van der Waals surface area contributed by atoms with Crippen LogP contribution in [0.25, 0.3) is 0 Å². The highest BCUT2D eigenvalue weighted by molar-refractivity contribution is 9.09. The highest BCUT2D eigenvalue weighted by Gasteiger charge is 2.21. The quantitative estimate of drug-likeness (QED) is 0.747. The Labute approximate surface area is 83.1 Å². The van der Waals surface area contributed by atoms with Crippen LogP contribution in [-0.2, 0) is 0 Å². The lowest BCUT2D eigenvalue weighted by atomic mass is 10.1. The molecule has 2 nitrogen and oxygen atoms in total. The second-order valence-electron chi connectivity index (χ2n) is 3.63. The Kier molecular flexibility index (Phi) is 4.54. The standard InChI is InChI=1S/C9H18BrNO/c1-2-8(5-10)6-11-4-3-9(12)7-11/h8-9,12H,2-7H2,1H3. The fourth-order valence-corrected chi connectivity index (χ4v) is 2.29. The van der Waals surface area contributed by atoms with Gasteiger partial charge in [0.1, 0.15) is 0 Å². The molecule has 1 heterocycles. The highest BCUT2D eigenvalue weighted by Crippen LogP contribution is 2.14. The number of alkyl halides is 1. The lowest BCUT2D eigenvalue weighted by Gasteiger charge is -2.20. The van der Waals surface area contributed by atoms with Crippen molar-refractivity contribution in [2.24, 2.45) is 5.92 Å². The van der Waals surface area contributed by atoms with E-state index in [0.717, 1.165) is 37.3 Å². The summed E-state index contributed by atoms with van der Waals surface area (Å²) in [6.45, 7) is 5.31. The number of hydrogen-bond acceptors (Lipinski definition) is 2. The molecule has 1 fully saturated rings. The minimum atomic E-state index is -0.0715. The first-order chi connectivity index (χ1) is 5.76. The molecule has 1 N–H and O–H groups in total. The molecule has 72 valence electrons. The molecule has 0 aromatic carbocycles. The van der Waals surface area contributed by atoms with Crippen molar-refractivity contribution < 1.29 is 5.11 Å². The number of rotatable bonds is 4. The number of halogens is 1. The summed E-state index contributed by atoms with van der Waals surface area (Å²) in [6.07, 6.45) is 2.11. The molecule has 0 spiro atoms. The van der Waals surface area contributed by atoms with Gasteiger partial charge in [0, 0.05) is 25.0 Å². The van der Waals surface area contributed by atoms with Gasteiger partial charge in [-0.2, -0.15) is 0 Å². The summed E-state index contributed by atoms with van der Waals surface area (Å²) in [4.78, 5) is 2.36. The van der Waals surface area contributed by atoms with Crippen LogP contribution in [0.15, 0.2) is 0 Å². The van der Waals surface area contributed by atoms with Crippen molar-refractivity contribution in [1.29, 1.82) is 0 Å². The molecule has 0 radical (unpaired) electrons. The highest BCUT2D eigenvalue weighted by atomic mass is 79.9. The molecule has 0 aromatic heterocycles. The van der Waals surface area contributed by atoms with Gasteiger partial charge in [-0.15, -0.1) is 0 Å². The molecule has 0 aromatic rings. The van der Waals surface area contributed by atoms with Crippen LogP contribution in [0.3, 0.4) is 0 Å². The predicted octanol–water partition coefficient (Wildman–Crippen LogP) is 1.47. The Hall–Kier alpha value is 0.400. The van der Waals surface area contributed by atoms with Gasteiger partial charge in [-0.1, -0.05) is 29.3 Å². The average Bonchev–Trinajstić information content (AvgIpc) is 2.47. The van der Waals surface area contributed by atoms with E-state index in [2.05, 4.69) is 27.8 Å². The number of likely N-dealkylation sites (tertiary alicyclic amines) is 1. The first-order valence-corrected chi connectivity index (χ1v) is 5.84. The molecule has 2 unspecified atom stereocenters. The maximum Gasteiger partial charge on any atom is 0.0679 e. The summed E-state index contributed by atoms with van der Waals surface area (Å²) in [6, 6.07) is 0. The second kappa shape index (κ2) is 5.20. The molecule has 12 heavy (non-hydrogen) atoms. The zero-order chi connectivity index (χ0) is 8.97. The molecule has 1 saturated heterocycles. The lowest BCUT2D eigenvalue weighted by molar-refractivity contribution is 0.171. The predicted molar refractivity (Wildman–Crippen MR) is 54.6 cm³/mol. The molecule has 0 amide bonds. The summed E-state index contributed by atoms with van der Waals surface area (Å²) in [5.41, 5.74) is 0. The Morgan fingerprint density at radius 1 is 1.67 bits per heavy atom. The summed E-state index contributed by atoms with van der Waals surface area (Å²) >= 11 is 3.51. The molecule has 3 heteroatoms. The van der Waals surface area contributed by atoms with Crippen molar-refractivity contribution >= 4 is 15.9 Å². The van der Waals surface area contributed by atoms with E-state index in [1.54, 1.807) is 0 Å². The third kappa shape index (κ3) is 3.04. The van der Waals surface area contributed by atoms with Crippen molar-refractivity contribution in [3.8, 4) is 0 Å². The maximum atomic E-state index is 9.30. The first kappa shape index (κ1) is 10.5. The van der Waals surface area contributed by atoms with E-state index in [1.807, 2.05) is 0 Å². The third-order valence-corrected chi connectivity index (χ3v) is 3.48. The zero-order valence-corrected chi connectivity index (χ0v) is 9.26. The van der Waals surface area contributed by atoms with Gasteiger partial charge in [0.25, 0.3) is 0 Å². The minimum absolute atomic E-state index is 0.0715. The van der Waals surface area contributed by atoms with E-state index in [-0.39, 0.29) is 6.10 Å². The van der Waals surface area contributed by atoms with Crippen LogP contribution >= 0.6 is 15.9 Å². The number of aliphatic hydroxyl groups is 1. The van der Waals surface area contributed by atoms with E-state index in [1.165, 1.54) is 6.42 Å². The molecule has 1 rings (SSSR count). The van der Waals surface area contributed by atoms with Gasteiger partial charge in [-0.25, -0.2) is 0 Å². The van der Waals surface area contributed by atoms with Gasteiger partial charge in [0.05, 0.1) is 6.10 Å². The number of aliphatic hydroxyl groups excluding tert-OH is 1. The molecule has 0 saturated carbocycles. The molecular weight excluding hydrogens is 218 g/mol. The zero-order valence-electron chi connectivity index (χ0n) is 7.67. The van der Waals surface area contributed by atoms with E-state index in [9.17, 15) is 5.11 Å². The van der Waals surface area contributed by atoms with Gasteiger partial charge in [0.15, 0.2) is 0 Å². The van der Waals surface area contributed by atoms with Gasteiger partial charge in [0.2, 0.25) is 0 Å². The molecule has 0 aliphatic carbocycles. The summed E-state index contributed by atoms with van der Waals surface area (Å²) in [7, 11) is 0. The molecule has 2 atom stereocenters. The first-order valence-electron chi connectivity index (χ1n) is 4.72. The van der Waals surface area contributed by atoms with E-state index < -0.39 is 0 Å². The third-order valence-electron chi connectivity index (χ3n) is 2.56. The molecule has 1 aliphatic rings. The fraction of sp³-hybridized carbons (Fsp3) is 1.00. The van der Waals surface area contributed by atoms with Crippen LogP contribution in [0.2, 0.25) is 0 Å². The topological polar surface area (TPSA) is 23.5 Å². The SMILES string of the molecule is CCC(CBr)CN1CCC(O)C1. The van der Waals surface area contributed by atoms with Crippen LogP contribution in [0, 0.1) is 5.92 Å². The van der Waals surface area contributed by atoms with Crippen molar-refractivity contribution in [3.63, 3.8) is 0 Å². The normalized spacial score (nSPS) is 27.8. The van der Waals surface area contributed by atoms with Crippen molar-refractivity contribution in [2.75, 3.05) is 25.0 Å². The van der Waals surface area contributed by atoms with E-state index in [0.29, 0.717) is 0 Å². The monoisotopic (exact) mass is 235 g/mol. The van der Waals surface area contributed by atoms with Crippen LogP contribution < -0.4 is 0 Å². The van der Waals surface area contributed by atoms with E-state index in [4.69, 9.17) is 0 Å². The Balaban J connectivity index is 2.21. The molecular formula is C9H18BrNO. The Bertz CT molecular complexity index is 128. The number of hydrogen-bond donors (Lipinski definition) is 1. The largest absolute Gasteiger partial charge is 0.392 e. The molecule has 1 aliphatic heterocycles. The summed E-state index contributed by atoms with van der Waals surface area (Å²) in [5, 5.41) is 10.4. The maximum absolute atomic E-state index is 9.30. The van der Waals surface area contributed by atoms with Gasteiger partial charge < -0.3 is 10.0 Å². The van der Waals surface area contributed by atoms with Gasteiger partial charge in [-0.3, -0.25) is 0 Å². The Morgan fingerprint density at radius 2 is 2.42 bits per heavy atom. The fourth-order valence-electron chi connectivity index (χ4n) is 1.63. The molecule has 0 bridgehead atoms. The Morgan fingerprint density at radius 3 is 2.83 bits per heavy atom. The minimum Gasteiger partial charge on any atom is -0.392 e. The van der Waals surface area contributed by atoms with Crippen molar-refractivity contribution in [3.05, 3.63) is 0 Å². The van der Waals surface area contributed by atoms with Crippen molar-refractivity contribution in [1.82, 2.24) is 4.90 Å². The van der Waals surface area contributed by atoms with Crippen LogP contribution in [0.1, 0.15) is 19.8 Å². The second-order valence-corrected chi connectivity index (χ2v) is 4.28. The van der Waals surface area contributed by atoms with Crippen LogP contribution in [0.4, 0.5) is 0 Å². The van der Waals surface area contributed by atoms with E-state index >= 15 is 0 Å². The summed E-state index contributed by atoms with van der Waals surface area (Å²) < 4.78 is 0. The number of nitrogens with zero attached hydrogens (tertiary/aromatic N) is 1. The van der Waals surface area contributed by atoms with Crippen LogP contribution in [-0.4, -0.2) is 41.1 Å². The lowest BCUT2D eigenvalue weighted by Crippen LogP contribution is -2.28. The summed E-state index contributed by atoms with van der Waals surface area (Å²) in [5.74, 6) is 0.746. The van der Waals surface area contributed by atoms with Gasteiger partial charge >= 0.3 is 0 Å². The smallest absolute Gasteiger partial charge is 0.0679 e.